The van der Waals surface area contributed by atoms with Crippen LogP contribution in [0.25, 0.3) is 0 Å². The van der Waals surface area contributed by atoms with Crippen molar-refractivity contribution in [1.29, 1.82) is 0 Å². The monoisotopic (exact) mass is 256 g/mol. The zero-order chi connectivity index (χ0) is 13.6. The number of esters is 1. The summed E-state index contributed by atoms with van der Waals surface area (Å²) in [6.45, 7) is 4.43. The molecule has 0 fully saturated rings. The van der Waals surface area contributed by atoms with Gasteiger partial charge in [-0.2, -0.15) is 0 Å². The van der Waals surface area contributed by atoms with E-state index in [2.05, 4.69) is 6.92 Å². The van der Waals surface area contributed by atoms with Crippen LogP contribution in [-0.2, 0) is 14.3 Å². The fraction of sp³-hybridized carbons (Fsp3) is 0.867. The van der Waals surface area contributed by atoms with E-state index in [1.165, 1.54) is 25.7 Å². The SMILES string of the molecule is CCCCCCCC(=O)CCCCC(=O)OCC. The molecular weight excluding hydrogens is 228 g/mol. The second-order valence-electron chi connectivity index (χ2n) is 4.72. The molecule has 0 aliphatic heterocycles. The van der Waals surface area contributed by atoms with Crippen molar-refractivity contribution in [2.75, 3.05) is 6.61 Å². The van der Waals surface area contributed by atoms with E-state index in [1.807, 2.05) is 0 Å². The van der Waals surface area contributed by atoms with Crippen molar-refractivity contribution in [2.24, 2.45) is 0 Å². The minimum absolute atomic E-state index is 0.149. The lowest BCUT2D eigenvalue weighted by Gasteiger charge is -2.02. The Labute approximate surface area is 111 Å². The molecule has 0 N–H and O–H groups in total. The number of unbranched alkanes of at least 4 members (excludes halogenated alkanes) is 5. The van der Waals surface area contributed by atoms with E-state index in [0.29, 0.717) is 31.7 Å². The molecule has 0 bridgehead atoms. The highest BCUT2D eigenvalue weighted by Gasteiger charge is 2.04. The maximum atomic E-state index is 11.5. The first kappa shape index (κ1) is 17.1. The molecule has 0 aliphatic rings. The van der Waals surface area contributed by atoms with E-state index in [-0.39, 0.29) is 5.97 Å². The van der Waals surface area contributed by atoms with Crippen LogP contribution in [0.2, 0.25) is 0 Å². The first-order valence-electron chi connectivity index (χ1n) is 7.38. The van der Waals surface area contributed by atoms with Gasteiger partial charge < -0.3 is 4.74 Å². The minimum Gasteiger partial charge on any atom is -0.466 e. The third kappa shape index (κ3) is 11.6. The molecule has 0 spiro atoms. The first-order chi connectivity index (χ1) is 8.70. The number of carbonyl (C=O) groups is 2. The third-order valence-corrected chi connectivity index (χ3v) is 2.95. The van der Waals surface area contributed by atoms with Crippen molar-refractivity contribution >= 4 is 11.8 Å². The predicted octanol–water partition coefficient (Wildman–Crippen LogP) is 4.04. The molecule has 18 heavy (non-hydrogen) atoms. The zero-order valence-electron chi connectivity index (χ0n) is 12.0. The van der Waals surface area contributed by atoms with E-state index < -0.39 is 0 Å². The standard InChI is InChI=1S/C15H28O3/c1-3-5-6-7-8-11-14(16)12-9-10-13-15(17)18-4-2/h3-13H2,1-2H3. The molecule has 0 saturated carbocycles. The maximum absolute atomic E-state index is 11.5. The summed E-state index contributed by atoms with van der Waals surface area (Å²) in [4.78, 5) is 22.6. The summed E-state index contributed by atoms with van der Waals surface area (Å²) in [5, 5.41) is 0. The summed E-state index contributed by atoms with van der Waals surface area (Å²) < 4.78 is 4.83. The van der Waals surface area contributed by atoms with Crippen molar-refractivity contribution in [2.45, 2.75) is 78.1 Å². The van der Waals surface area contributed by atoms with Gasteiger partial charge in [-0.3, -0.25) is 9.59 Å². The summed E-state index contributed by atoms with van der Waals surface area (Å²) in [7, 11) is 0. The van der Waals surface area contributed by atoms with Crippen LogP contribution in [0.1, 0.15) is 78.1 Å². The molecular formula is C15H28O3. The van der Waals surface area contributed by atoms with Gasteiger partial charge in [0.25, 0.3) is 0 Å². The molecule has 0 aromatic carbocycles. The van der Waals surface area contributed by atoms with Gasteiger partial charge in [0.05, 0.1) is 6.61 Å². The van der Waals surface area contributed by atoms with E-state index >= 15 is 0 Å². The average molecular weight is 256 g/mol. The van der Waals surface area contributed by atoms with Gasteiger partial charge in [0.15, 0.2) is 0 Å². The summed E-state index contributed by atoms with van der Waals surface area (Å²) in [6, 6.07) is 0. The van der Waals surface area contributed by atoms with Gasteiger partial charge in [-0.1, -0.05) is 32.6 Å². The molecule has 0 saturated heterocycles. The molecule has 0 atom stereocenters. The molecule has 0 amide bonds. The molecule has 0 rings (SSSR count). The number of ketones is 1. The number of rotatable bonds is 12. The topological polar surface area (TPSA) is 43.4 Å². The van der Waals surface area contributed by atoms with Crippen molar-refractivity contribution in [1.82, 2.24) is 0 Å². The van der Waals surface area contributed by atoms with Crippen LogP contribution >= 0.6 is 0 Å². The molecule has 0 heterocycles. The molecule has 0 aromatic heterocycles. The highest BCUT2D eigenvalue weighted by atomic mass is 16.5. The van der Waals surface area contributed by atoms with Crippen molar-refractivity contribution in [3.8, 4) is 0 Å². The Bertz CT molecular complexity index is 224. The molecule has 3 heteroatoms. The van der Waals surface area contributed by atoms with Crippen LogP contribution in [0.4, 0.5) is 0 Å². The Morgan fingerprint density at radius 2 is 1.33 bits per heavy atom. The Morgan fingerprint density at radius 3 is 1.94 bits per heavy atom. The van der Waals surface area contributed by atoms with Gasteiger partial charge in [0, 0.05) is 19.3 Å². The Kier molecular flexibility index (Phi) is 12.0. The quantitative estimate of drug-likeness (QED) is 0.391. The zero-order valence-corrected chi connectivity index (χ0v) is 12.0. The number of ether oxygens (including phenoxy) is 1. The van der Waals surface area contributed by atoms with Gasteiger partial charge in [0.2, 0.25) is 0 Å². The largest absolute Gasteiger partial charge is 0.466 e. The number of Topliss-reactive ketones (excluding diaryl/α,β-unsaturated/α-hetero) is 1. The van der Waals surface area contributed by atoms with Gasteiger partial charge in [0.1, 0.15) is 5.78 Å². The van der Waals surface area contributed by atoms with Gasteiger partial charge in [-0.15, -0.1) is 0 Å². The van der Waals surface area contributed by atoms with E-state index in [9.17, 15) is 9.59 Å². The minimum atomic E-state index is -0.149. The fourth-order valence-electron chi connectivity index (χ4n) is 1.88. The molecule has 0 radical (unpaired) electrons. The molecule has 0 unspecified atom stereocenters. The second-order valence-corrected chi connectivity index (χ2v) is 4.72. The van der Waals surface area contributed by atoms with Crippen molar-refractivity contribution < 1.29 is 14.3 Å². The summed E-state index contributed by atoms with van der Waals surface area (Å²) in [6.07, 6.45) is 9.29. The molecule has 106 valence electrons. The summed E-state index contributed by atoms with van der Waals surface area (Å²) in [5.41, 5.74) is 0. The predicted molar refractivity (Wildman–Crippen MR) is 73.5 cm³/mol. The maximum Gasteiger partial charge on any atom is 0.305 e. The lowest BCUT2D eigenvalue weighted by atomic mass is 10.0. The highest BCUT2D eigenvalue weighted by molar-refractivity contribution is 5.78. The molecule has 0 aromatic rings. The van der Waals surface area contributed by atoms with Crippen LogP contribution < -0.4 is 0 Å². The fourth-order valence-corrected chi connectivity index (χ4v) is 1.88. The van der Waals surface area contributed by atoms with Gasteiger partial charge >= 0.3 is 5.97 Å². The highest BCUT2D eigenvalue weighted by Crippen LogP contribution is 2.09. The molecule has 3 nitrogen and oxygen atoms in total. The second kappa shape index (κ2) is 12.6. The summed E-state index contributed by atoms with van der Waals surface area (Å²) in [5.74, 6) is 0.194. The van der Waals surface area contributed by atoms with Gasteiger partial charge in [-0.25, -0.2) is 0 Å². The lowest BCUT2D eigenvalue weighted by molar-refractivity contribution is -0.143. The van der Waals surface area contributed by atoms with Crippen LogP contribution in [-0.4, -0.2) is 18.4 Å². The van der Waals surface area contributed by atoms with Crippen LogP contribution in [0, 0.1) is 0 Å². The van der Waals surface area contributed by atoms with Crippen LogP contribution in [0.15, 0.2) is 0 Å². The average Bonchev–Trinajstić information content (AvgIpc) is 2.35. The van der Waals surface area contributed by atoms with E-state index in [0.717, 1.165) is 19.3 Å². The molecule has 0 aliphatic carbocycles. The Morgan fingerprint density at radius 1 is 0.778 bits per heavy atom. The summed E-state index contributed by atoms with van der Waals surface area (Å²) >= 11 is 0. The van der Waals surface area contributed by atoms with E-state index in [4.69, 9.17) is 4.74 Å². The van der Waals surface area contributed by atoms with Crippen molar-refractivity contribution in [3.63, 3.8) is 0 Å². The first-order valence-corrected chi connectivity index (χ1v) is 7.38. The van der Waals surface area contributed by atoms with Crippen molar-refractivity contribution in [3.05, 3.63) is 0 Å². The lowest BCUT2D eigenvalue weighted by Crippen LogP contribution is -2.04. The van der Waals surface area contributed by atoms with Crippen LogP contribution in [0.5, 0.6) is 0 Å². The van der Waals surface area contributed by atoms with Gasteiger partial charge in [-0.05, 0) is 26.2 Å². The Balaban J connectivity index is 3.29. The number of hydrogen-bond acceptors (Lipinski definition) is 3. The number of hydrogen-bond donors (Lipinski definition) is 0. The van der Waals surface area contributed by atoms with Crippen LogP contribution in [0.3, 0.4) is 0 Å². The number of carbonyl (C=O) groups excluding carboxylic acids is 2. The normalized spacial score (nSPS) is 10.3. The third-order valence-electron chi connectivity index (χ3n) is 2.95. The smallest absolute Gasteiger partial charge is 0.305 e. The Hall–Kier alpha value is -0.860. The van der Waals surface area contributed by atoms with E-state index in [1.54, 1.807) is 6.92 Å².